The Labute approximate surface area is 99.3 Å². The summed E-state index contributed by atoms with van der Waals surface area (Å²) in [5.74, 6) is 3.55. The second-order valence-corrected chi connectivity index (χ2v) is 6.07. The highest BCUT2D eigenvalue weighted by Crippen LogP contribution is 2.51. The monoisotopic (exact) mass is 220 g/mol. The zero-order chi connectivity index (χ0) is 11.9. The first-order valence-electron chi connectivity index (χ1n) is 6.69. The molecular weight excluding hydrogens is 196 g/mol. The average Bonchev–Trinajstić information content (AvgIpc) is 2.62. The molecule has 0 bridgehead atoms. The van der Waals surface area contributed by atoms with Crippen LogP contribution in [0, 0.1) is 29.6 Å². The van der Waals surface area contributed by atoms with E-state index in [1.165, 1.54) is 12.8 Å². The lowest BCUT2D eigenvalue weighted by atomic mass is 9.66. The van der Waals surface area contributed by atoms with Crippen LogP contribution in [0.3, 0.4) is 0 Å². The van der Waals surface area contributed by atoms with Gasteiger partial charge in [0.1, 0.15) is 5.78 Å². The number of fused-ring (bicyclic) bond motifs is 1. The number of ketones is 1. The minimum atomic E-state index is 0.348. The van der Waals surface area contributed by atoms with Crippen LogP contribution in [0.1, 0.15) is 47.0 Å². The molecule has 0 aromatic heterocycles. The number of carbonyl (C=O) groups is 1. The van der Waals surface area contributed by atoms with E-state index in [0.29, 0.717) is 29.5 Å². The molecule has 0 amide bonds. The summed E-state index contributed by atoms with van der Waals surface area (Å²) in [5, 5.41) is 0. The number of Topliss-reactive ketones (excluding diaryl/α,β-unsaturated/α-hetero) is 1. The van der Waals surface area contributed by atoms with Gasteiger partial charge in [0.05, 0.1) is 0 Å². The van der Waals surface area contributed by atoms with Crippen LogP contribution in [0.25, 0.3) is 0 Å². The Morgan fingerprint density at radius 1 is 1.38 bits per heavy atom. The fourth-order valence-electron chi connectivity index (χ4n) is 3.97. The third-order valence-corrected chi connectivity index (χ3v) is 4.89. The van der Waals surface area contributed by atoms with Crippen molar-refractivity contribution in [3.63, 3.8) is 0 Å². The summed E-state index contributed by atoms with van der Waals surface area (Å²) in [5.41, 5.74) is 1.55. The molecule has 0 N–H and O–H groups in total. The quantitative estimate of drug-likeness (QED) is 0.646. The van der Waals surface area contributed by atoms with Crippen molar-refractivity contribution in [3.8, 4) is 0 Å². The van der Waals surface area contributed by atoms with Crippen LogP contribution >= 0.6 is 0 Å². The van der Waals surface area contributed by atoms with Crippen LogP contribution in [0.5, 0.6) is 0 Å². The minimum absolute atomic E-state index is 0.348. The van der Waals surface area contributed by atoms with Gasteiger partial charge in [-0.25, -0.2) is 0 Å². The van der Waals surface area contributed by atoms with E-state index in [1.54, 1.807) is 12.5 Å². The molecule has 16 heavy (non-hydrogen) atoms. The van der Waals surface area contributed by atoms with E-state index in [9.17, 15) is 4.79 Å². The molecule has 1 heteroatoms. The lowest BCUT2D eigenvalue weighted by molar-refractivity contribution is -0.122. The topological polar surface area (TPSA) is 17.1 Å². The average molecular weight is 220 g/mol. The third kappa shape index (κ3) is 1.85. The smallest absolute Gasteiger partial charge is 0.133 e. The summed E-state index contributed by atoms with van der Waals surface area (Å²) in [4.78, 5) is 11.8. The third-order valence-electron chi connectivity index (χ3n) is 4.89. The van der Waals surface area contributed by atoms with E-state index in [-0.39, 0.29) is 0 Å². The predicted octanol–water partition coefficient (Wildman–Crippen LogP) is 3.84. The Kier molecular flexibility index (Phi) is 3.23. The normalized spacial score (nSPS) is 38.4. The van der Waals surface area contributed by atoms with Crippen LogP contribution in [-0.2, 0) is 4.79 Å². The Morgan fingerprint density at radius 3 is 2.62 bits per heavy atom. The van der Waals surface area contributed by atoms with Crippen molar-refractivity contribution in [2.75, 3.05) is 0 Å². The molecular formula is C15H24O. The summed E-state index contributed by atoms with van der Waals surface area (Å²) in [6.45, 7) is 8.67. The van der Waals surface area contributed by atoms with Gasteiger partial charge in [0.2, 0.25) is 0 Å². The number of rotatable bonds is 2. The van der Waals surface area contributed by atoms with E-state index < -0.39 is 0 Å². The number of hydrogen-bond acceptors (Lipinski definition) is 1. The van der Waals surface area contributed by atoms with Crippen molar-refractivity contribution in [1.29, 1.82) is 0 Å². The van der Waals surface area contributed by atoms with Crippen molar-refractivity contribution in [2.45, 2.75) is 47.0 Å². The highest BCUT2D eigenvalue weighted by molar-refractivity contribution is 5.79. The van der Waals surface area contributed by atoms with Gasteiger partial charge in [-0.2, -0.15) is 0 Å². The Morgan fingerprint density at radius 2 is 2.06 bits per heavy atom. The molecule has 0 heterocycles. The molecule has 90 valence electrons. The molecule has 2 aliphatic rings. The van der Waals surface area contributed by atoms with Gasteiger partial charge in [-0.3, -0.25) is 4.79 Å². The lowest BCUT2D eigenvalue weighted by Crippen LogP contribution is -2.33. The molecule has 1 fully saturated rings. The summed E-state index contributed by atoms with van der Waals surface area (Å²) in [7, 11) is 0. The van der Waals surface area contributed by atoms with Crippen LogP contribution in [0.4, 0.5) is 0 Å². The Hall–Kier alpha value is -0.590. The number of hydrogen-bond donors (Lipinski definition) is 0. The zero-order valence-electron chi connectivity index (χ0n) is 11.0. The zero-order valence-corrected chi connectivity index (χ0v) is 11.0. The van der Waals surface area contributed by atoms with Gasteiger partial charge in [-0.15, -0.1) is 0 Å². The molecule has 0 aromatic carbocycles. The Bertz CT molecular complexity index is 313. The van der Waals surface area contributed by atoms with Crippen molar-refractivity contribution in [2.24, 2.45) is 29.6 Å². The van der Waals surface area contributed by atoms with E-state index >= 15 is 0 Å². The molecule has 0 saturated heterocycles. The van der Waals surface area contributed by atoms with Gasteiger partial charge in [0.25, 0.3) is 0 Å². The molecule has 0 spiro atoms. The molecule has 1 saturated carbocycles. The highest BCUT2D eigenvalue weighted by Gasteiger charge is 2.45. The second-order valence-electron chi connectivity index (χ2n) is 6.07. The largest absolute Gasteiger partial charge is 0.300 e. The molecule has 1 nitrogen and oxygen atoms in total. The Balaban J connectivity index is 2.28. The molecule has 0 unspecified atom stereocenters. The van der Waals surface area contributed by atoms with Crippen molar-refractivity contribution in [1.82, 2.24) is 0 Å². The SMILES string of the molecule is CC(=O)[C@@H]1CC[C@@H]2C(C)=CC[C@H](C(C)C)[C@H]21. The first-order chi connectivity index (χ1) is 7.52. The first kappa shape index (κ1) is 11.9. The van der Waals surface area contributed by atoms with Gasteiger partial charge in [-0.1, -0.05) is 25.5 Å². The van der Waals surface area contributed by atoms with Crippen LogP contribution in [0.2, 0.25) is 0 Å². The summed E-state index contributed by atoms with van der Waals surface area (Å²) in [6, 6.07) is 0. The standard InChI is InChI=1S/C15H24O/c1-9(2)12-6-5-10(3)13-7-8-14(11(4)16)15(12)13/h5,9,12-15H,6-8H2,1-4H3/t12-,13-,14+,15-/m1/s1. The molecule has 0 radical (unpaired) electrons. The van der Waals surface area contributed by atoms with E-state index in [1.807, 2.05) is 0 Å². The van der Waals surface area contributed by atoms with Gasteiger partial charge in [0, 0.05) is 5.92 Å². The molecule has 2 rings (SSSR count). The summed E-state index contributed by atoms with van der Waals surface area (Å²) in [6.07, 6.45) is 5.97. The van der Waals surface area contributed by atoms with Gasteiger partial charge in [-0.05, 0) is 56.8 Å². The van der Waals surface area contributed by atoms with Crippen LogP contribution in [-0.4, -0.2) is 5.78 Å². The van der Waals surface area contributed by atoms with Crippen LogP contribution < -0.4 is 0 Å². The lowest BCUT2D eigenvalue weighted by Gasteiger charge is -2.38. The second kappa shape index (κ2) is 4.35. The van der Waals surface area contributed by atoms with Crippen molar-refractivity contribution >= 4 is 5.78 Å². The maximum Gasteiger partial charge on any atom is 0.133 e. The van der Waals surface area contributed by atoms with E-state index in [4.69, 9.17) is 0 Å². The predicted molar refractivity (Wildman–Crippen MR) is 67.1 cm³/mol. The van der Waals surface area contributed by atoms with Gasteiger partial charge < -0.3 is 0 Å². The minimum Gasteiger partial charge on any atom is -0.300 e. The fourth-order valence-corrected chi connectivity index (χ4v) is 3.97. The molecule has 0 aromatic rings. The van der Waals surface area contributed by atoms with Crippen molar-refractivity contribution < 1.29 is 4.79 Å². The number of carbonyl (C=O) groups excluding carboxylic acids is 1. The molecule has 4 atom stereocenters. The molecule has 2 aliphatic carbocycles. The highest BCUT2D eigenvalue weighted by atomic mass is 16.1. The van der Waals surface area contributed by atoms with Gasteiger partial charge in [0.15, 0.2) is 0 Å². The fraction of sp³-hybridized carbons (Fsp3) is 0.800. The first-order valence-corrected chi connectivity index (χ1v) is 6.69. The maximum absolute atomic E-state index is 11.8. The van der Waals surface area contributed by atoms with Crippen LogP contribution in [0.15, 0.2) is 11.6 Å². The summed E-state index contributed by atoms with van der Waals surface area (Å²) >= 11 is 0. The number of allylic oxidation sites excluding steroid dienone is 2. The maximum atomic E-state index is 11.8. The van der Waals surface area contributed by atoms with Gasteiger partial charge >= 0.3 is 0 Å². The van der Waals surface area contributed by atoms with E-state index in [0.717, 1.165) is 12.3 Å². The van der Waals surface area contributed by atoms with E-state index in [2.05, 4.69) is 26.8 Å². The summed E-state index contributed by atoms with van der Waals surface area (Å²) < 4.78 is 0. The van der Waals surface area contributed by atoms with Crippen molar-refractivity contribution in [3.05, 3.63) is 11.6 Å². The molecule has 0 aliphatic heterocycles.